The number of anilines is 2. The van der Waals surface area contributed by atoms with Gasteiger partial charge in [0.1, 0.15) is 23.1 Å². The van der Waals surface area contributed by atoms with Crippen LogP contribution < -0.4 is 21.3 Å². The Morgan fingerprint density at radius 2 is 1.15 bits per heavy atom. The number of hydrogen-bond donors (Lipinski definition) is 2. The molecule has 8 nitrogen and oxygen atoms in total. The number of fused-ring (bicyclic) bond motifs is 2. The molecule has 0 bridgehead atoms. The summed E-state index contributed by atoms with van der Waals surface area (Å²) in [6, 6.07) is 0. The molecule has 0 aromatic carbocycles. The summed E-state index contributed by atoms with van der Waals surface area (Å²) in [4.78, 5) is 56.3. The predicted molar refractivity (Wildman–Crippen MR) is 133 cm³/mol. The van der Waals surface area contributed by atoms with Crippen molar-refractivity contribution in [3.63, 3.8) is 0 Å². The zero-order valence-electron chi connectivity index (χ0n) is 19.3. The summed E-state index contributed by atoms with van der Waals surface area (Å²) in [6.45, 7) is 3.92. The molecule has 2 atom stereocenters. The lowest BCUT2D eigenvalue weighted by atomic mass is 9.88. The van der Waals surface area contributed by atoms with Crippen molar-refractivity contribution in [3.05, 3.63) is 32.0 Å². The number of nitrogens with two attached hydrogens (primary N) is 2. The van der Waals surface area contributed by atoms with E-state index in [2.05, 4.69) is 13.8 Å². The van der Waals surface area contributed by atoms with E-state index >= 15 is 0 Å². The lowest BCUT2D eigenvalue weighted by Gasteiger charge is -2.33. The third kappa shape index (κ3) is 3.73. The highest BCUT2D eigenvalue weighted by Crippen LogP contribution is 2.44. The number of piperazine rings is 1. The third-order valence-electron chi connectivity index (χ3n) is 7.16. The fourth-order valence-electron chi connectivity index (χ4n) is 5.35. The van der Waals surface area contributed by atoms with E-state index in [-0.39, 0.29) is 24.9 Å². The monoisotopic (exact) mass is 500 g/mol. The summed E-state index contributed by atoms with van der Waals surface area (Å²) in [5.74, 6) is -0.753. The number of thiophene rings is 2. The van der Waals surface area contributed by atoms with Crippen LogP contribution in [0.2, 0.25) is 0 Å². The van der Waals surface area contributed by atoms with Gasteiger partial charge in [-0.15, -0.1) is 22.7 Å². The molecule has 10 heteroatoms. The minimum Gasteiger partial charge on any atom is -0.365 e. The number of nitrogens with zero attached hydrogens (tertiary/aromatic N) is 2. The molecule has 2 aromatic rings. The second-order valence-electron chi connectivity index (χ2n) is 9.75. The summed E-state index contributed by atoms with van der Waals surface area (Å²) in [7, 11) is 0. The molecule has 4 N–H and O–H groups in total. The van der Waals surface area contributed by atoms with E-state index in [0.29, 0.717) is 33.0 Å². The molecule has 1 saturated heterocycles. The summed E-state index contributed by atoms with van der Waals surface area (Å²) >= 11 is 2.79. The number of carbonyl (C=O) groups excluding carboxylic acids is 4. The topological polar surface area (TPSA) is 127 Å². The van der Waals surface area contributed by atoms with E-state index in [0.717, 1.165) is 59.4 Å². The van der Waals surface area contributed by atoms with E-state index in [4.69, 9.17) is 11.5 Å². The van der Waals surface area contributed by atoms with Gasteiger partial charge in [0.25, 0.3) is 11.8 Å². The lowest BCUT2D eigenvalue weighted by Crippen LogP contribution is -2.54. The van der Waals surface area contributed by atoms with Crippen LogP contribution in [0.25, 0.3) is 0 Å². The molecule has 0 saturated carbocycles. The first-order valence-electron chi connectivity index (χ1n) is 11.6. The maximum Gasteiger partial charge on any atom is 0.252 e. The van der Waals surface area contributed by atoms with Gasteiger partial charge in [-0.1, -0.05) is 13.8 Å². The molecule has 0 spiro atoms. The Morgan fingerprint density at radius 3 is 1.50 bits per heavy atom. The Bertz CT molecular complexity index is 1140. The first-order valence-corrected chi connectivity index (χ1v) is 13.3. The molecular formula is C24H28N4O4S2. The summed E-state index contributed by atoms with van der Waals surface area (Å²) in [5.41, 5.74) is 14.0. The van der Waals surface area contributed by atoms with Crippen molar-refractivity contribution in [1.82, 2.24) is 0 Å². The van der Waals surface area contributed by atoms with Crippen LogP contribution in [-0.4, -0.2) is 36.7 Å². The second-order valence-corrected chi connectivity index (χ2v) is 11.9. The van der Waals surface area contributed by atoms with Crippen LogP contribution in [0.5, 0.6) is 0 Å². The van der Waals surface area contributed by atoms with Crippen molar-refractivity contribution in [2.24, 2.45) is 23.3 Å². The Hall–Kier alpha value is -2.72. The van der Waals surface area contributed by atoms with Gasteiger partial charge in [0.2, 0.25) is 11.8 Å². The Morgan fingerprint density at radius 1 is 0.765 bits per heavy atom. The van der Waals surface area contributed by atoms with Crippen LogP contribution in [0.1, 0.15) is 68.3 Å². The molecule has 3 heterocycles. The Balaban J connectivity index is 1.49. The van der Waals surface area contributed by atoms with Gasteiger partial charge in [0.15, 0.2) is 0 Å². The molecule has 5 rings (SSSR count). The van der Waals surface area contributed by atoms with E-state index in [1.165, 1.54) is 32.5 Å². The largest absolute Gasteiger partial charge is 0.365 e. The molecule has 0 radical (unpaired) electrons. The highest BCUT2D eigenvalue weighted by Gasteiger charge is 2.39. The van der Waals surface area contributed by atoms with Gasteiger partial charge in [-0.05, 0) is 61.5 Å². The number of hydrogen-bond acceptors (Lipinski definition) is 6. The van der Waals surface area contributed by atoms with E-state index in [1.54, 1.807) is 0 Å². The first-order chi connectivity index (χ1) is 16.2. The van der Waals surface area contributed by atoms with E-state index in [1.807, 2.05) is 0 Å². The second kappa shape index (κ2) is 8.49. The normalized spacial score (nSPS) is 22.5. The highest BCUT2D eigenvalue weighted by molar-refractivity contribution is 7.17. The van der Waals surface area contributed by atoms with Crippen molar-refractivity contribution >= 4 is 56.3 Å². The van der Waals surface area contributed by atoms with Crippen molar-refractivity contribution in [3.8, 4) is 0 Å². The van der Waals surface area contributed by atoms with Crippen LogP contribution in [0.15, 0.2) is 0 Å². The van der Waals surface area contributed by atoms with Gasteiger partial charge >= 0.3 is 0 Å². The SMILES string of the molecule is CC1CCc2c(sc(N3CC(=O)N(c4sc5c(c4C(N)=O)CCC(C)C5)CC3=O)c2C(N)=O)C1. The molecule has 34 heavy (non-hydrogen) atoms. The smallest absolute Gasteiger partial charge is 0.252 e. The fourth-order valence-corrected chi connectivity index (χ4v) is 8.41. The van der Waals surface area contributed by atoms with Crippen molar-refractivity contribution < 1.29 is 19.2 Å². The fraction of sp³-hybridized carbons (Fsp3) is 0.500. The average molecular weight is 501 g/mol. The minimum absolute atomic E-state index is 0.203. The van der Waals surface area contributed by atoms with Gasteiger partial charge in [-0.25, -0.2) is 0 Å². The van der Waals surface area contributed by atoms with Crippen LogP contribution in [0.3, 0.4) is 0 Å². The molecular weight excluding hydrogens is 472 g/mol. The van der Waals surface area contributed by atoms with Crippen LogP contribution >= 0.6 is 22.7 Å². The van der Waals surface area contributed by atoms with E-state index < -0.39 is 11.8 Å². The molecule has 180 valence electrons. The quantitative estimate of drug-likeness (QED) is 0.669. The Kier molecular flexibility index (Phi) is 5.76. The van der Waals surface area contributed by atoms with Crippen molar-refractivity contribution in [2.45, 2.75) is 52.4 Å². The van der Waals surface area contributed by atoms with Gasteiger partial charge in [0, 0.05) is 9.75 Å². The number of primary amides is 2. The van der Waals surface area contributed by atoms with Gasteiger partial charge in [-0.3, -0.25) is 29.0 Å². The first kappa shape index (κ1) is 23.0. The number of rotatable bonds is 4. The van der Waals surface area contributed by atoms with Crippen LogP contribution in [-0.2, 0) is 35.3 Å². The summed E-state index contributed by atoms with van der Waals surface area (Å²) in [6.07, 6.45) is 5.08. The molecule has 1 aliphatic heterocycles. The van der Waals surface area contributed by atoms with Crippen LogP contribution in [0, 0.1) is 11.8 Å². The highest BCUT2D eigenvalue weighted by atomic mass is 32.1. The van der Waals surface area contributed by atoms with Gasteiger partial charge in [-0.2, -0.15) is 0 Å². The molecule has 4 amide bonds. The maximum atomic E-state index is 13.3. The lowest BCUT2D eigenvalue weighted by molar-refractivity contribution is -0.125. The van der Waals surface area contributed by atoms with Gasteiger partial charge < -0.3 is 11.5 Å². The van der Waals surface area contributed by atoms with Gasteiger partial charge in [0.05, 0.1) is 11.1 Å². The number of amides is 4. The maximum absolute atomic E-state index is 13.3. The van der Waals surface area contributed by atoms with Crippen molar-refractivity contribution in [2.75, 3.05) is 22.9 Å². The standard InChI is InChI=1S/C24H28N4O4S2/c1-11-3-5-13-15(7-11)33-23(19(13)21(25)31)27-9-18(30)28(10-17(27)29)24-20(22(26)32)14-6-4-12(2)8-16(14)34-24/h11-12H,3-10H2,1-2H3,(H2,25,31)(H2,26,32). The summed E-state index contributed by atoms with van der Waals surface area (Å²) < 4.78 is 0. The van der Waals surface area contributed by atoms with Crippen molar-refractivity contribution in [1.29, 1.82) is 0 Å². The minimum atomic E-state index is -0.569. The zero-order valence-corrected chi connectivity index (χ0v) is 20.9. The zero-order chi connectivity index (χ0) is 24.3. The summed E-state index contributed by atoms with van der Waals surface area (Å²) in [5, 5.41) is 0.943. The molecule has 3 aliphatic rings. The van der Waals surface area contributed by atoms with Crippen LogP contribution in [0.4, 0.5) is 10.0 Å². The number of carbonyl (C=O) groups is 4. The molecule has 1 fully saturated rings. The molecule has 2 aliphatic carbocycles. The molecule has 2 aromatic heterocycles. The predicted octanol–water partition coefficient (Wildman–Crippen LogP) is 2.64. The van der Waals surface area contributed by atoms with E-state index in [9.17, 15) is 19.2 Å². The molecule has 2 unspecified atom stereocenters. The average Bonchev–Trinajstić information content (AvgIpc) is 3.32. The third-order valence-corrected chi connectivity index (χ3v) is 9.71. The Labute approximate surface area is 205 Å².